The van der Waals surface area contributed by atoms with Crippen LogP contribution in [0.2, 0.25) is 0 Å². The lowest BCUT2D eigenvalue weighted by molar-refractivity contribution is -0.153. The Morgan fingerprint density at radius 1 is 1.15 bits per heavy atom. The van der Waals surface area contributed by atoms with Gasteiger partial charge in [0.25, 0.3) is 0 Å². The highest BCUT2D eigenvalue weighted by Gasteiger charge is 2.32. The number of methoxy groups -OCH3 is 1. The number of piperidine rings is 1. The smallest absolute Gasteiger partial charge is 0.416 e. The van der Waals surface area contributed by atoms with Gasteiger partial charge < -0.3 is 19.7 Å². The van der Waals surface area contributed by atoms with E-state index in [2.05, 4.69) is 20.4 Å². The third-order valence-corrected chi connectivity index (χ3v) is 5.63. The molecule has 1 N–H and O–H groups in total. The summed E-state index contributed by atoms with van der Waals surface area (Å²) in [5, 5.41) is 12.8. The van der Waals surface area contributed by atoms with E-state index in [0.29, 0.717) is 36.6 Å². The minimum Gasteiger partial charge on any atom is -0.496 e. The van der Waals surface area contributed by atoms with E-state index in [4.69, 9.17) is 9.47 Å². The Labute approximate surface area is 240 Å². The number of alkyl halides is 3. The number of halogens is 3. The first-order chi connectivity index (χ1) is 19.2. The Kier molecular flexibility index (Phi) is 13.8. The fraction of sp³-hybridized carbons (Fsp3) is 0.571. The van der Waals surface area contributed by atoms with Crippen LogP contribution in [0.4, 0.5) is 23.8 Å². The molecule has 1 fully saturated rings. The molecule has 230 valence electrons. The van der Waals surface area contributed by atoms with E-state index in [0.717, 1.165) is 35.6 Å². The van der Waals surface area contributed by atoms with Gasteiger partial charge in [0.1, 0.15) is 17.2 Å². The fourth-order valence-electron chi connectivity index (χ4n) is 3.72. The maximum atomic E-state index is 13.0. The van der Waals surface area contributed by atoms with Gasteiger partial charge >= 0.3 is 12.3 Å². The molecular formula is C28H42F3N5O5. The van der Waals surface area contributed by atoms with E-state index in [1.54, 1.807) is 17.9 Å². The van der Waals surface area contributed by atoms with Gasteiger partial charge in [-0.1, -0.05) is 13.8 Å². The van der Waals surface area contributed by atoms with Crippen molar-refractivity contribution in [1.29, 1.82) is 0 Å². The zero-order valence-corrected chi connectivity index (χ0v) is 25.3. The molecule has 0 bridgehead atoms. The van der Waals surface area contributed by atoms with Crippen molar-refractivity contribution >= 4 is 18.3 Å². The number of rotatable bonds is 6. The summed E-state index contributed by atoms with van der Waals surface area (Å²) in [6.07, 6.45) is -2.55. The number of carbonyl (C=O) groups excluding carboxylic acids is 2. The van der Waals surface area contributed by atoms with Crippen molar-refractivity contribution in [2.24, 2.45) is 0 Å². The number of benzene rings is 1. The maximum Gasteiger partial charge on any atom is 0.416 e. The predicted octanol–water partition coefficient (Wildman–Crippen LogP) is 5.95. The van der Waals surface area contributed by atoms with Crippen molar-refractivity contribution in [3.8, 4) is 17.0 Å². The molecule has 1 unspecified atom stereocenters. The topological polar surface area (TPSA) is 106 Å². The molecular weight excluding hydrogens is 543 g/mol. The summed E-state index contributed by atoms with van der Waals surface area (Å²) in [5.74, 6) is 0.599. The largest absolute Gasteiger partial charge is 0.496 e. The van der Waals surface area contributed by atoms with E-state index >= 15 is 0 Å². The average molecular weight is 586 g/mol. The van der Waals surface area contributed by atoms with E-state index in [-0.39, 0.29) is 17.9 Å². The number of amides is 2. The Morgan fingerprint density at radius 2 is 1.80 bits per heavy atom. The summed E-state index contributed by atoms with van der Waals surface area (Å²) in [4.78, 5) is 28.0. The van der Waals surface area contributed by atoms with Crippen LogP contribution in [0.1, 0.15) is 58.6 Å². The van der Waals surface area contributed by atoms with E-state index in [9.17, 15) is 22.8 Å². The third kappa shape index (κ3) is 11.4. The van der Waals surface area contributed by atoms with E-state index in [1.165, 1.54) is 27.3 Å². The highest BCUT2D eigenvalue weighted by molar-refractivity contribution is 5.71. The fourth-order valence-corrected chi connectivity index (χ4v) is 3.72. The molecule has 2 amide bonds. The number of likely N-dealkylation sites (tertiary alicyclic amines) is 1. The molecule has 3 rings (SSSR count). The molecule has 1 aromatic carbocycles. The number of aryl methyl sites for hydroxylation is 1. The Morgan fingerprint density at radius 3 is 2.29 bits per heavy atom. The van der Waals surface area contributed by atoms with Crippen molar-refractivity contribution in [1.82, 2.24) is 20.2 Å². The lowest BCUT2D eigenvalue weighted by Crippen LogP contribution is -2.47. The molecule has 0 aliphatic carbocycles. The average Bonchev–Trinajstić information content (AvgIpc) is 2.92. The second-order valence-electron chi connectivity index (χ2n) is 9.92. The number of aromatic nitrogens is 2. The number of nitrogens with zero attached hydrogens (tertiary/aromatic N) is 4. The van der Waals surface area contributed by atoms with Crippen LogP contribution in [-0.4, -0.2) is 78.7 Å². The summed E-state index contributed by atoms with van der Waals surface area (Å²) >= 11 is 0. The van der Waals surface area contributed by atoms with Crippen LogP contribution < -0.4 is 10.1 Å². The van der Waals surface area contributed by atoms with E-state index < -0.39 is 17.3 Å². The van der Waals surface area contributed by atoms with Crippen LogP contribution in [0.25, 0.3) is 11.3 Å². The molecule has 2 heterocycles. The number of hydroxylamine groups is 2. The highest BCUT2D eigenvalue weighted by Crippen LogP contribution is 2.37. The minimum atomic E-state index is -4.46. The van der Waals surface area contributed by atoms with Crippen LogP contribution in [0.5, 0.6) is 5.75 Å². The molecule has 2 aromatic rings. The van der Waals surface area contributed by atoms with Gasteiger partial charge in [-0.2, -0.15) is 13.2 Å². The summed E-state index contributed by atoms with van der Waals surface area (Å²) < 4.78 is 49.7. The van der Waals surface area contributed by atoms with Crippen LogP contribution in [0, 0.1) is 6.92 Å². The van der Waals surface area contributed by atoms with Crippen LogP contribution >= 0.6 is 0 Å². The molecule has 1 aliphatic rings. The van der Waals surface area contributed by atoms with Crippen LogP contribution in [0.15, 0.2) is 24.3 Å². The maximum absolute atomic E-state index is 13.0. The van der Waals surface area contributed by atoms with Gasteiger partial charge in [0.2, 0.25) is 6.41 Å². The number of anilines is 1. The van der Waals surface area contributed by atoms with Crippen molar-refractivity contribution in [3.05, 3.63) is 35.4 Å². The molecule has 1 aromatic heterocycles. The standard InChI is InChI=1S/C23H29F3N4O3.C3H7NO2.C2H6/c1-14-11-19(27-16-7-6-10-30(13-16)21(31)33-22(2,3)4)28-29-20(14)17-9-8-15(23(24,25)26)12-18(17)32-5;1-4(3-5)6-2;1-2/h8-9,11-12,16H,6-7,10,13H2,1-5H3,(H,27,28);3H,1-2H3;1-2H3. The first-order valence-electron chi connectivity index (χ1n) is 13.2. The molecule has 10 nitrogen and oxygen atoms in total. The van der Waals surface area contributed by atoms with Crippen molar-refractivity contribution in [2.75, 3.05) is 39.7 Å². The molecule has 0 radical (unpaired) electrons. The van der Waals surface area contributed by atoms with Gasteiger partial charge in [-0.15, -0.1) is 10.2 Å². The lowest BCUT2D eigenvalue weighted by atomic mass is 10.0. The molecule has 1 atom stereocenters. The first-order valence-corrected chi connectivity index (χ1v) is 13.2. The van der Waals surface area contributed by atoms with Crippen LogP contribution in [-0.2, 0) is 20.5 Å². The van der Waals surface area contributed by atoms with Gasteiger partial charge in [0, 0.05) is 31.7 Å². The Hall–Kier alpha value is -3.61. The summed E-state index contributed by atoms with van der Waals surface area (Å²) in [6.45, 7) is 12.4. The van der Waals surface area contributed by atoms with Gasteiger partial charge in [-0.3, -0.25) is 9.63 Å². The summed E-state index contributed by atoms with van der Waals surface area (Å²) in [7, 11) is 4.26. The molecule has 0 spiro atoms. The molecule has 0 saturated carbocycles. The molecule has 13 heteroatoms. The number of ether oxygens (including phenoxy) is 2. The Bertz CT molecular complexity index is 1130. The summed E-state index contributed by atoms with van der Waals surface area (Å²) in [5.41, 5.74) is 0.236. The van der Waals surface area contributed by atoms with Crippen molar-refractivity contribution in [3.63, 3.8) is 0 Å². The van der Waals surface area contributed by atoms with Gasteiger partial charge in [-0.05, 0) is 70.4 Å². The highest BCUT2D eigenvalue weighted by atomic mass is 19.4. The monoisotopic (exact) mass is 585 g/mol. The molecule has 41 heavy (non-hydrogen) atoms. The summed E-state index contributed by atoms with van der Waals surface area (Å²) in [6, 6.07) is 5.05. The SMILES string of the molecule is CC.CON(C)C=O.COc1cc(C(F)(F)F)ccc1-c1nnc(NC2CCCN(C(=O)OC(C)(C)C)C2)cc1C. The van der Waals surface area contributed by atoms with Crippen molar-refractivity contribution in [2.45, 2.75) is 72.2 Å². The van der Waals surface area contributed by atoms with Gasteiger partial charge in [0.15, 0.2) is 0 Å². The first kappa shape index (κ1) is 35.4. The number of hydrogen-bond acceptors (Lipinski definition) is 8. The zero-order valence-electron chi connectivity index (χ0n) is 25.3. The normalized spacial score (nSPS) is 14.9. The van der Waals surface area contributed by atoms with Crippen molar-refractivity contribution < 1.29 is 37.1 Å². The number of hydrogen-bond donors (Lipinski definition) is 1. The zero-order chi connectivity index (χ0) is 31.4. The second kappa shape index (κ2) is 16.0. The Balaban J connectivity index is 0.000000931. The van der Waals surface area contributed by atoms with E-state index in [1.807, 2.05) is 34.6 Å². The number of carbonyl (C=O) groups is 2. The van der Waals surface area contributed by atoms with Gasteiger partial charge in [0.05, 0.1) is 25.5 Å². The second-order valence-corrected chi connectivity index (χ2v) is 9.92. The van der Waals surface area contributed by atoms with Crippen LogP contribution in [0.3, 0.4) is 0 Å². The number of nitrogens with one attached hydrogen (secondary N) is 1. The third-order valence-electron chi connectivity index (χ3n) is 5.63. The predicted molar refractivity (Wildman–Crippen MR) is 150 cm³/mol. The lowest BCUT2D eigenvalue weighted by Gasteiger charge is -2.34. The minimum absolute atomic E-state index is 0.0218. The molecule has 1 saturated heterocycles. The molecule has 1 aliphatic heterocycles. The van der Waals surface area contributed by atoms with Gasteiger partial charge in [-0.25, -0.2) is 9.86 Å². The quantitative estimate of drug-likeness (QED) is 0.327.